The lowest BCUT2D eigenvalue weighted by Crippen LogP contribution is -2.36. The minimum absolute atomic E-state index is 0.137. The summed E-state index contributed by atoms with van der Waals surface area (Å²) in [7, 11) is 0. The van der Waals surface area contributed by atoms with E-state index in [4.69, 9.17) is 5.11 Å². The number of aromatic nitrogens is 2. The van der Waals surface area contributed by atoms with E-state index in [0.717, 1.165) is 22.6 Å². The van der Waals surface area contributed by atoms with E-state index in [9.17, 15) is 18.0 Å². The van der Waals surface area contributed by atoms with E-state index in [2.05, 4.69) is 15.5 Å². The Morgan fingerprint density at radius 1 is 1.24 bits per heavy atom. The van der Waals surface area contributed by atoms with E-state index >= 15 is 0 Å². The number of anilines is 1. The van der Waals surface area contributed by atoms with E-state index in [1.807, 2.05) is 24.3 Å². The topological polar surface area (TPSA) is 78.4 Å². The van der Waals surface area contributed by atoms with Crippen molar-refractivity contribution < 1.29 is 23.1 Å². The predicted molar refractivity (Wildman–Crippen MR) is 119 cm³/mol. The fourth-order valence-electron chi connectivity index (χ4n) is 4.01. The van der Waals surface area contributed by atoms with Gasteiger partial charge in [0.05, 0.1) is 29.0 Å². The summed E-state index contributed by atoms with van der Waals surface area (Å²) in [5.74, 6) is -1.23. The molecule has 2 aromatic carbocycles. The van der Waals surface area contributed by atoms with Crippen LogP contribution in [0.3, 0.4) is 0 Å². The van der Waals surface area contributed by atoms with Crippen LogP contribution in [0.5, 0.6) is 0 Å². The van der Waals surface area contributed by atoms with Crippen molar-refractivity contribution in [3.63, 3.8) is 0 Å². The lowest BCUT2D eigenvalue weighted by molar-refractivity contribution is -0.133. The molecule has 1 aliphatic heterocycles. The molecule has 1 amide bonds. The molecule has 1 atom stereocenters. The summed E-state index contributed by atoms with van der Waals surface area (Å²) in [4.78, 5) is 13.3. The first-order valence-electron chi connectivity index (χ1n) is 10.6. The number of hydrogen-bond acceptors (Lipinski definition) is 5. The molecular formula is C24H23F3N4O2. The molecule has 6 nitrogen and oxygen atoms in total. The van der Waals surface area contributed by atoms with Gasteiger partial charge < -0.3 is 15.3 Å². The molecule has 33 heavy (non-hydrogen) atoms. The molecule has 9 heteroatoms. The smallest absolute Gasteiger partial charge is 0.266 e. The van der Waals surface area contributed by atoms with Crippen LogP contribution in [0.2, 0.25) is 0 Å². The highest BCUT2D eigenvalue weighted by molar-refractivity contribution is 5.93. The lowest BCUT2D eigenvalue weighted by atomic mass is 9.97. The largest absolute Gasteiger partial charge is 0.387 e. The number of alkyl halides is 2. The van der Waals surface area contributed by atoms with E-state index in [1.54, 1.807) is 11.8 Å². The first kappa shape index (κ1) is 22.7. The van der Waals surface area contributed by atoms with Crippen molar-refractivity contribution in [1.29, 1.82) is 0 Å². The summed E-state index contributed by atoms with van der Waals surface area (Å²) in [5.41, 5.74) is 2.76. The summed E-state index contributed by atoms with van der Waals surface area (Å²) in [6.07, 6.45) is 1.22. The van der Waals surface area contributed by atoms with Crippen LogP contribution in [0, 0.1) is 5.82 Å². The summed E-state index contributed by atoms with van der Waals surface area (Å²) in [5, 5.41) is 21.1. The zero-order valence-electron chi connectivity index (χ0n) is 17.9. The summed E-state index contributed by atoms with van der Waals surface area (Å²) in [6.45, 7) is 2.12. The Balaban J connectivity index is 1.63. The molecule has 0 bridgehead atoms. The van der Waals surface area contributed by atoms with Crippen molar-refractivity contribution in [2.24, 2.45) is 0 Å². The molecule has 3 aromatic rings. The third kappa shape index (κ3) is 4.68. The molecule has 2 heterocycles. The molecule has 1 aromatic heterocycles. The Hall–Kier alpha value is -3.46. The molecule has 0 spiro atoms. The highest BCUT2D eigenvalue weighted by atomic mass is 19.3. The highest BCUT2D eigenvalue weighted by Gasteiger charge is 2.21. The Labute approximate surface area is 188 Å². The predicted octanol–water partition coefficient (Wildman–Crippen LogP) is 4.49. The quantitative estimate of drug-likeness (QED) is 0.572. The molecule has 0 saturated heterocycles. The van der Waals surface area contributed by atoms with Crippen LogP contribution in [0.1, 0.15) is 42.5 Å². The second-order valence-electron chi connectivity index (χ2n) is 7.88. The van der Waals surface area contributed by atoms with Gasteiger partial charge in [-0.3, -0.25) is 4.79 Å². The normalized spacial score (nSPS) is 15.0. The van der Waals surface area contributed by atoms with E-state index < -0.39 is 30.5 Å². The monoisotopic (exact) mass is 456 g/mol. The number of hydrogen-bond donors (Lipinski definition) is 2. The van der Waals surface area contributed by atoms with Gasteiger partial charge in [-0.1, -0.05) is 30.3 Å². The second kappa shape index (κ2) is 9.58. The van der Waals surface area contributed by atoms with Gasteiger partial charge in [0.1, 0.15) is 12.4 Å². The zero-order chi connectivity index (χ0) is 23.5. The number of carbonyl (C=O) groups is 1. The Bertz CT molecular complexity index is 1220. The number of amides is 1. The zero-order valence-corrected chi connectivity index (χ0v) is 17.9. The van der Waals surface area contributed by atoms with Crippen LogP contribution in [-0.4, -0.2) is 45.8 Å². The van der Waals surface area contributed by atoms with Gasteiger partial charge in [0.2, 0.25) is 5.91 Å². The van der Waals surface area contributed by atoms with E-state index in [0.29, 0.717) is 30.7 Å². The summed E-state index contributed by atoms with van der Waals surface area (Å²) in [6, 6.07) is 9.08. The molecule has 0 fully saturated rings. The van der Waals surface area contributed by atoms with Gasteiger partial charge in [0, 0.05) is 24.0 Å². The van der Waals surface area contributed by atoms with Crippen molar-refractivity contribution in [1.82, 2.24) is 15.1 Å². The molecule has 0 saturated carbocycles. The number of aliphatic hydroxyl groups is 1. The van der Waals surface area contributed by atoms with Gasteiger partial charge in [0.15, 0.2) is 0 Å². The number of rotatable bonds is 6. The number of nitrogens with one attached hydrogen (secondary N) is 1. The number of benzene rings is 2. The van der Waals surface area contributed by atoms with Crippen LogP contribution >= 0.6 is 0 Å². The van der Waals surface area contributed by atoms with Crippen LogP contribution < -0.4 is 5.32 Å². The lowest BCUT2D eigenvalue weighted by Gasteiger charge is -2.26. The maximum atomic E-state index is 14.6. The van der Waals surface area contributed by atoms with E-state index in [1.165, 1.54) is 18.3 Å². The van der Waals surface area contributed by atoms with Gasteiger partial charge in [0.25, 0.3) is 6.43 Å². The Morgan fingerprint density at radius 3 is 2.73 bits per heavy atom. The average molecular weight is 456 g/mol. The SMILES string of the molecule is C[C@@H](Nc1cnnc2ccc(C3=CCN(C(=O)CO)CC3)cc12)c1cccc(C(F)F)c1F. The number of fused-ring (bicyclic) bond motifs is 1. The van der Waals surface area contributed by atoms with Crippen LogP contribution in [0.4, 0.5) is 18.9 Å². The average Bonchev–Trinajstić information content (AvgIpc) is 2.83. The number of nitrogens with zero attached hydrogens (tertiary/aromatic N) is 3. The summed E-state index contributed by atoms with van der Waals surface area (Å²) >= 11 is 0. The first-order valence-corrected chi connectivity index (χ1v) is 10.6. The molecule has 2 N–H and O–H groups in total. The maximum absolute atomic E-state index is 14.6. The number of halogens is 3. The maximum Gasteiger partial charge on any atom is 0.266 e. The molecule has 0 aliphatic carbocycles. The van der Waals surface area contributed by atoms with Crippen molar-refractivity contribution in [2.75, 3.05) is 25.0 Å². The van der Waals surface area contributed by atoms with Gasteiger partial charge >= 0.3 is 0 Å². The first-order chi connectivity index (χ1) is 15.9. The third-order valence-corrected chi connectivity index (χ3v) is 5.84. The van der Waals surface area contributed by atoms with Crippen LogP contribution in [-0.2, 0) is 4.79 Å². The molecule has 0 radical (unpaired) electrons. The second-order valence-corrected chi connectivity index (χ2v) is 7.88. The fraction of sp³-hybridized carbons (Fsp3) is 0.292. The van der Waals surface area contributed by atoms with E-state index in [-0.39, 0.29) is 11.5 Å². The Kier molecular flexibility index (Phi) is 6.60. The molecule has 1 aliphatic rings. The Morgan fingerprint density at radius 2 is 2.03 bits per heavy atom. The third-order valence-electron chi connectivity index (χ3n) is 5.84. The molecule has 172 valence electrons. The minimum atomic E-state index is -2.89. The van der Waals surface area contributed by atoms with Crippen LogP contribution in [0.15, 0.2) is 48.7 Å². The van der Waals surface area contributed by atoms with Crippen LogP contribution in [0.25, 0.3) is 16.5 Å². The standard InChI is InChI=1S/C24H23F3N4O2/c1-14(17-3-2-4-18(23(17)25)24(26)27)29-21-12-28-30-20-6-5-16(11-19(20)21)15-7-9-31(10-8-15)22(33)13-32/h2-7,11-12,14,24,32H,8-10,13H2,1H3,(H,29,30)/t14-/m1/s1. The van der Waals surface area contributed by atoms with Gasteiger partial charge in [-0.05, 0) is 36.6 Å². The van der Waals surface area contributed by atoms with Gasteiger partial charge in [-0.2, -0.15) is 10.2 Å². The van der Waals surface area contributed by atoms with Crippen molar-refractivity contribution in [3.8, 4) is 0 Å². The van der Waals surface area contributed by atoms with Crippen molar-refractivity contribution in [3.05, 3.63) is 71.2 Å². The van der Waals surface area contributed by atoms with Crippen molar-refractivity contribution >= 4 is 28.1 Å². The molecule has 0 unspecified atom stereocenters. The van der Waals surface area contributed by atoms with Gasteiger partial charge in [-0.25, -0.2) is 13.2 Å². The molecule has 4 rings (SSSR count). The van der Waals surface area contributed by atoms with Gasteiger partial charge in [-0.15, -0.1) is 0 Å². The highest BCUT2D eigenvalue weighted by Crippen LogP contribution is 2.32. The number of carbonyl (C=O) groups excluding carboxylic acids is 1. The van der Waals surface area contributed by atoms with Crippen molar-refractivity contribution in [2.45, 2.75) is 25.8 Å². The fourth-order valence-corrected chi connectivity index (χ4v) is 4.01. The number of aliphatic hydroxyl groups excluding tert-OH is 1. The summed E-state index contributed by atoms with van der Waals surface area (Å²) < 4.78 is 40.8. The minimum Gasteiger partial charge on any atom is -0.387 e. The molecular weight excluding hydrogens is 433 g/mol.